The van der Waals surface area contributed by atoms with Gasteiger partial charge in [0, 0.05) is 19.2 Å². The Labute approximate surface area is 103 Å². The first-order chi connectivity index (χ1) is 8.15. The molecule has 17 heavy (non-hydrogen) atoms. The summed E-state index contributed by atoms with van der Waals surface area (Å²) >= 11 is 0. The van der Waals surface area contributed by atoms with E-state index in [9.17, 15) is 0 Å². The van der Waals surface area contributed by atoms with E-state index in [2.05, 4.69) is 53.1 Å². The molecule has 1 aromatic carbocycles. The second kappa shape index (κ2) is 4.72. The highest BCUT2D eigenvalue weighted by molar-refractivity contribution is 5.66. The van der Waals surface area contributed by atoms with Gasteiger partial charge in [0.2, 0.25) is 0 Å². The number of hydrogen-bond acceptors (Lipinski definition) is 2. The second-order valence-corrected chi connectivity index (χ2v) is 4.36. The summed E-state index contributed by atoms with van der Waals surface area (Å²) in [5.74, 6) is 1.05. The minimum absolute atomic E-state index is 0.834. The number of aromatic nitrogens is 2. The summed E-state index contributed by atoms with van der Waals surface area (Å²) in [6.07, 6.45) is 0. The van der Waals surface area contributed by atoms with Gasteiger partial charge in [-0.05, 0) is 26.5 Å². The minimum atomic E-state index is 0.834. The molecule has 0 unspecified atom stereocenters. The van der Waals surface area contributed by atoms with Crippen molar-refractivity contribution < 1.29 is 0 Å². The maximum Gasteiger partial charge on any atom is 0.106 e. The fourth-order valence-electron chi connectivity index (χ4n) is 2.08. The van der Waals surface area contributed by atoms with Crippen molar-refractivity contribution in [3.05, 3.63) is 41.3 Å². The van der Waals surface area contributed by atoms with Crippen LogP contribution in [0, 0.1) is 13.8 Å². The van der Waals surface area contributed by atoms with Gasteiger partial charge >= 0.3 is 0 Å². The largest absolute Gasteiger partial charge is 0.334 e. The maximum atomic E-state index is 4.68. The maximum absolute atomic E-state index is 4.68. The third-order valence-electron chi connectivity index (χ3n) is 3.18. The Balaban J connectivity index is 2.59. The van der Waals surface area contributed by atoms with Gasteiger partial charge in [-0.2, -0.15) is 0 Å². The lowest BCUT2D eigenvalue weighted by Gasteiger charge is -2.07. The summed E-state index contributed by atoms with van der Waals surface area (Å²) in [6.45, 7) is 5.00. The summed E-state index contributed by atoms with van der Waals surface area (Å²) in [5.41, 5.74) is 4.82. The minimum Gasteiger partial charge on any atom is -0.334 e. The molecule has 0 aliphatic rings. The van der Waals surface area contributed by atoms with Crippen molar-refractivity contribution in [1.29, 1.82) is 0 Å². The first kappa shape index (κ1) is 11.9. The van der Waals surface area contributed by atoms with Crippen LogP contribution in [0.15, 0.2) is 24.3 Å². The molecule has 1 N–H and O–H groups in total. The smallest absolute Gasteiger partial charge is 0.106 e. The molecule has 2 aromatic rings. The van der Waals surface area contributed by atoms with Crippen LogP contribution in [-0.2, 0) is 13.6 Å². The van der Waals surface area contributed by atoms with E-state index in [0.29, 0.717) is 0 Å². The highest BCUT2D eigenvalue weighted by Crippen LogP contribution is 2.26. The zero-order valence-electron chi connectivity index (χ0n) is 10.9. The normalized spacial score (nSPS) is 10.8. The molecule has 90 valence electrons. The fraction of sp³-hybridized carbons (Fsp3) is 0.357. The monoisotopic (exact) mass is 229 g/mol. The van der Waals surface area contributed by atoms with Crippen LogP contribution in [0.25, 0.3) is 11.3 Å². The molecule has 0 amide bonds. The average Bonchev–Trinajstić information content (AvgIpc) is 2.58. The lowest BCUT2D eigenvalue weighted by molar-refractivity contribution is 0.722. The molecule has 0 spiro atoms. The zero-order chi connectivity index (χ0) is 12.4. The molecule has 0 radical (unpaired) electrons. The molecule has 0 saturated carbocycles. The Morgan fingerprint density at radius 3 is 2.59 bits per heavy atom. The molecule has 3 heteroatoms. The number of aryl methyl sites for hydroxylation is 2. The number of imidazole rings is 1. The van der Waals surface area contributed by atoms with Crippen molar-refractivity contribution >= 4 is 0 Å². The molecule has 1 aromatic heterocycles. The van der Waals surface area contributed by atoms with Gasteiger partial charge in [-0.1, -0.05) is 24.3 Å². The van der Waals surface area contributed by atoms with E-state index in [1.807, 2.05) is 14.0 Å². The quantitative estimate of drug-likeness (QED) is 0.876. The summed E-state index contributed by atoms with van der Waals surface area (Å²) < 4.78 is 2.15. The van der Waals surface area contributed by atoms with E-state index >= 15 is 0 Å². The first-order valence-electron chi connectivity index (χ1n) is 5.88. The third kappa shape index (κ3) is 2.11. The van der Waals surface area contributed by atoms with Crippen molar-refractivity contribution in [3.63, 3.8) is 0 Å². The second-order valence-electron chi connectivity index (χ2n) is 4.36. The predicted molar refractivity (Wildman–Crippen MR) is 70.9 cm³/mol. The van der Waals surface area contributed by atoms with E-state index in [4.69, 9.17) is 0 Å². The van der Waals surface area contributed by atoms with Crippen LogP contribution in [-0.4, -0.2) is 16.6 Å². The van der Waals surface area contributed by atoms with E-state index in [1.165, 1.54) is 16.8 Å². The van der Waals surface area contributed by atoms with Gasteiger partial charge in [-0.3, -0.25) is 0 Å². The van der Waals surface area contributed by atoms with E-state index in [1.54, 1.807) is 0 Å². The van der Waals surface area contributed by atoms with Gasteiger partial charge in [0.15, 0.2) is 0 Å². The van der Waals surface area contributed by atoms with Crippen LogP contribution in [0.1, 0.15) is 17.1 Å². The van der Waals surface area contributed by atoms with E-state index in [-0.39, 0.29) is 0 Å². The number of benzene rings is 1. The first-order valence-corrected chi connectivity index (χ1v) is 5.88. The lowest BCUT2D eigenvalue weighted by atomic mass is 10.0. The predicted octanol–water partition coefficient (Wildman–Crippen LogP) is 2.42. The summed E-state index contributed by atoms with van der Waals surface area (Å²) in [6, 6.07) is 8.39. The van der Waals surface area contributed by atoms with Crippen molar-refractivity contribution in [2.45, 2.75) is 20.4 Å². The van der Waals surface area contributed by atoms with E-state index < -0.39 is 0 Å². The van der Waals surface area contributed by atoms with Gasteiger partial charge < -0.3 is 9.88 Å². The Bertz CT molecular complexity index is 526. The van der Waals surface area contributed by atoms with Gasteiger partial charge in [0.05, 0.1) is 11.4 Å². The highest BCUT2D eigenvalue weighted by atomic mass is 15.1. The van der Waals surface area contributed by atoms with Crippen molar-refractivity contribution in [2.75, 3.05) is 7.05 Å². The summed E-state index contributed by atoms with van der Waals surface area (Å²) in [5, 5.41) is 3.21. The van der Waals surface area contributed by atoms with Crippen molar-refractivity contribution in [2.24, 2.45) is 7.05 Å². The van der Waals surface area contributed by atoms with Crippen LogP contribution in [0.2, 0.25) is 0 Å². The van der Waals surface area contributed by atoms with Crippen LogP contribution >= 0.6 is 0 Å². The van der Waals surface area contributed by atoms with Crippen LogP contribution in [0.5, 0.6) is 0 Å². The molecule has 0 atom stereocenters. The van der Waals surface area contributed by atoms with Gasteiger partial charge in [0.1, 0.15) is 5.82 Å². The molecule has 2 rings (SSSR count). The molecule has 0 fully saturated rings. The topological polar surface area (TPSA) is 29.9 Å². The molecule has 3 nitrogen and oxygen atoms in total. The summed E-state index contributed by atoms with van der Waals surface area (Å²) in [4.78, 5) is 4.68. The van der Waals surface area contributed by atoms with Gasteiger partial charge in [0.25, 0.3) is 0 Å². The molecular formula is C14H19N3. The van der Waals surface area contributed by atoms with Crippen LogP contribution < -0.4 is 5.32 Å². The Hall–Kier alpha value is -1.61. The average molecular weight is 229 g/mol. The zero-order valence-corrected chi connectivity index (χ0v) is 10.9. The molecular weight excluding hydrogens is 210 g/mol. The Kier molecular flexibility index (Phi) is 3.29. The number of hydrogen-bond donors (Lipinski definition) is 1. The molecule has 1 heterocycles. The number of rotatable bonds is 3. The Morgan fingerprint density at radius 1 is 1.24 bits per heavy atom. The summed E-state index contributed by atoms with van der Waals surface area (Å²) in [7, 11) is 4.03. The van der Waals surface area contributed by atoms with Gasteiger partial charge in [-0.15, -0.1) is 0 Å². The SMILES string of the molecule is CNCc1c(-c2ccccc2C)nc(C)n1C. The van der Waals surface area contributed by atoms with E-state index in [0.717, 1.165) is 18.1 Å². The standard InChI is InChI=1S/C14H19N3/c1-10-7-5-6-8-12(10)14-13(9-15-3)17(4)11(2)16-14/h5-8,15H,9H2,1-4H3. The number of nitrogens with one attached hydrogen (secondary N) is 1. The van der Waals surface area contributed by atoms with Crippen molar-refractivity contribution in [3.8, 4) is 11.3 Å². The van der Waals surface area contributed by atoms with Crippen LogP contribution in [0.4, 0.5) is 0 Å². The Morgan fingerprint density at radius 2 is 1.94 bits per heavy atom. The van der Waals surface area contributed by atoms with Crippen LogP contribution in [0.3, 0.4) is 0 Å². The van der Waals surface area contributed by atoms with Gasteiger partial charge in [-0.25, -0.2) is 4.98 Å². The number of nitrogens with zero attached hydrogens (tertiary/aromatic N) is 2. The molecule has 0 aliphatic carbocycles. The third-order valence-corrected chi connectivity index (χ3v) is 3.18. The highest BCUT2D eigenvalue weighted by Gasteiger charge is 2.14. The molecule has 0 aliphatic heterocycles. The lowest BCUT2D eigenvalue weighted by Crippen LogP contribution is -2.10. The molecule has 0 saturated heterocycles. The molecule has 0 bridgehead atoms. The van der Waals surface area contributed by atoms with Crippen molar-refractivity contribution in [1.82, 2.24) is 14.9 Å². The fourth-order valence-corrected chi connectivity index (χ4v) is 2.08.